The van der Waals surface area contributed by atoms with Crippen LogP contribution in [0, 0.1) is 0 Å². The van der Waals surface area contributed by atoms with Gasteiger partial charge in [0.1, 0.15) is 12.0 Å². The van der Waals surface area contributed by atoms with Gasteiger partial charge in [-0.25, -0.2) is 0 Å². The molecule has 0 N–H and O–H groups in total. The van der Waals surface area contributed by atoms with Crippen LogP contribution in [0.4, 0.5) is 0 Å². The van der Waals surface area contributed by atoms with Crippen LogP contribution in [-0.4, -0.2) is 56.9 Å². The van der Waals surface area contributed by atoms with Crippen molar-refractivity contribution in [2.75, 3.05) is 40.8 Å². The summed E-state index contributed by atoms with van der Waals surface area (Å²) in [6.07, 6.45) is 2.02. The van der Waals surface area contributed by atoms with Crippen LogP contribution < -0.4 is 4.74 Å². The van der Waals surface area contributed by atoms with Gasteiger partial charge in [0.25, 0.3) is 0 Å². The van der Waals surface area contributed by atoms with E-state index in [-0.39, 0.29) is 0 Å². The molecule has 0 spiro atoms. The van der Waals surface area contributed by atoms with Crippen LogP contribution >= 0.6 is 0 Å². The van der Waals surface area contributed by atoms with Gasteiger partial charge in [0.2, 0.25) is 0 Å². The normalized spacial score (nSPS) is 11.1. The fraction of sp³-hybridized carbons (Fsp3) is 0.562. The van der Waals surface area contributed by atoms with Crippen molar-refractivity contribution in [3.63, 3.8) is 0 Å². The average Bonchev–Trinajstić information content (AvgIpc) is 2.45. The number of methoxy groups -OCH3 is 1. The van der Waals surface area contributed by atoms with Crippen molar-refractivity contribution in [2.24, 2.45) is 0 Å². The largest absolute Gasteiger partial charge is 0.496 e. The van der Waals surface area contributed by atoms with Gasteiger partial charge < -0.3 is 9.64 Å². The molecule has 0 amide bonds. The van der Waals surface area contributed by atoms with Gasteiger partial charge in [0.05, 0.1) is 7.11 Å². The summed E-state index contributed by atoms with van der Waals surface area (Å²) in [6.45, 7) is 6.09. The first-order chi connectivity index (χ1) is 9.60. The first-order valence-corrected chi connectivity index (χ1v) is 7.09. The molecular formula is C16H26N2O2. The maximum atomic E-state index is 10.9. The van der Waals surface area contributed by atoms with E-state index in [0.29, 0.717) is 5.56 Å². The summed E-state index contributed by atoms with van der Waals surface area (Å²) < 4.78 is 5.38. The second-order valence-corrected chi connectivity index (χ2v) is 5.21. The van der Waals surface area contributed by atoms with E-state index in [4.69, 9.17) is 4.74 Å². The third-order valence-electron chi connectivity index (χ3n) is 3.36. The van der Waals surface area contributed by atoms with E-state index >= 15 is 0 Å². The quantitative estimate of drug-likeness (QED) is 0.649. The number of nitrogens with zero attached hydrogens (tertiary/aromatic N) is 2. The minimum absolute atomic E-state index is 0.699. The monoisotopic (exact) mass is 278 g/mol. The lowest BCUT2D eigenvalue weighted by Crippen LogP contribution is -2.27. The zero-order valence-corrected chi connectivity index (χ0v) is 13.1. The Morgan fingerprint density at radius 1 is 1.25 bits per heavy atom. The lowest BCUT2D eigenvalue weighted by molar-refractivity contribution is 0.112. The Morgan fingerprint density at radius 2 is 2.00 bits per heavy atom. The number of carbonyl (C=O) groups excluding carboxylic acids is 1. The highest BCUT2D eigenvalue weighted by molar-refractivity contribution is 5.75. The molecule has 0 fully saturated rings. The number of hydrogen-bond donors (Lipinski definition) is 0. The highest BCUT2D eigenvalue weighted by atomic mass is 16.5. The molecule has 0 aliphatic rings. The highest BCUT2D eigenvalue weighted by Crippen LogP contribution is 2.21. The second kappa shape index (κ2) is 8.72. The molecule has 0 heterocycles. The summed E-state index contributed by atoms with van der Waals surface area (Å²) in [5.41, 5.74) is 1.77. The Morgan fingerprint density at radius 3 is 2.55 bits per heavy atom. The number of benzene rings is 1. The van der Waals surface area contributed by atoms with Crippen molar-refractivity contribution in [1.29, 1.82) is 0 Å². The molecule has 0 radical (unpaired) electrons. The molecule has 0 saturated heterocycles. The molecule has 0 unspecified atom stereocenters. The SMILES string of the molecule is CCN(CCCN(C)C)Cc1cc(C=O)ccc1OC. The fourth-order valence-corrected chi connectivity index (χ4v) is 2.20. The lowest BCUT2D eigenvalue weighted by atomic mass is 10.1. The van der Waals surface area contributed by atoms with Gasteiger partial charge in [0, 0.05) is 17.7 Å². The molecule has 1 rings (SSSR count). The van der Waals surface area contributed by atoms with E-state index in [9.17, 15) is 4.79 Å². The summed E-state index contributed by atoms with van der Waals surface area (Å²) in [7, 11) is 5.85. The molecule has 0 aliphatic heterocycles. The Hall–Kier alpha value is -1.39. The molecule has 4 heteroatoms. The standard InChI is InChI=1S/C16H26N2O2/c1-5-18(10-6-9-17(2)3)12-15-11-14(13-19)7-8-16(15)20-4/h7-8,11,13H,5-6,9-10,12H2,1-4H3. The van der Waals surface area contributed by atoms with E-state index in [0.717, 1.165) is 50.2 Å². The summed E-state index contributed by atoms with van der Waals surface area (Å²) in [6, 6.07) is 5.57. The van der Waals surface area contributed by atoms with Crippen molar-refractivity contribution < 1.29 is 9.53 Å². The molecular weight excluding hydrogens is 252 g/mol. The van der Waals surface area contributed by atoms with Gasteiger partial charge in [-0.2, -0.15) is 0 Å². The van der Waals surface area contributed by atoms with Crippen LogP contribution in [-0.2, 0) is 6.54 Å². The molecule has 0 aliphatic carbocycles. The molecule has 20 heavy (non-hydrogen) atoms. The van der Waals surface area contributed by atoms with E-state index in [2.05, 4.69) is 30.8 Å². The zero-order chi connectivity index (χ0) is 15.0. The first kappa shape index (κ1) is 16.7. The molecule has 0 atom stereocenters. The van der Waals surface area contributed by atoms with E-state index < -0.39 is 0 Å². The predicted octanol–water partition coefficient (Wildman–Crippen LogP) is 2.28. The van der Waals surface area contributed by atoms with E-state index in [1.165, 1.54) is 0 Å². The van der Waals surface area contributed by atoms with Gasteiger partial charge >= 0.3 is 0 Å². The maximum Gasteiger partial charge on any atom is 0.150 e. The minimum Gasteiger partial charge on any atom is -0.496 e. The van der Waals surface area contributed by atoms with Crippen molar-refractivity contribution in [2.45, 2.75) is 19.9 Å². The minimum atomic E-state index is 0.699. The second-order valence-electron chi connectivity index (χ2n) is 5.21. The molecule has 1 aromatic carbocycles. The van der Waals surface area contributed by atoms with Crippen molar-refractivity contribution in [3.8, 4) is 5.75 Å². The highest BCUT2D eigenvalue weighted by Gasteiger charge is 2.09. The number of aldehydes is 1. The van der Waals surface area contributed by atoms with Gasteiger partial charge in [-0.05, 0) is 58.3 Å². The third kappa shape index (κ3) is 5.31. The Balaban J connectivity index is 2.70. The number of carbonyl (C=O) groups is 1. The van der Waals surface area contributed by atoms with Crippen molar-refractivity contribution in [3.05, 3.63) is 29.3 Å². The van der Waals surface area contributed by atoms with E-state index in [1.54, 1.807) is 13.2 Å². The Kier molecular flexibility index (Phi) is 7.26. The maximum absolute atomic E-state index is 10.9. The van der Waals surface area contributed by atoms with Crippen molar-refractivity contribution >= 4 is 6.29 Å². The predicted molar refractivity (Wildman–Crippen MR) is 82.5 cm³/mol. The van der Waals surface area contributed by atoms with Crippen LogP contribution in [0.2, 0.25) is 0 Å². The Labute approximate surface area is 122 Å². The van der Waals surface area contributed by atoms with Crippen molar-refractivity contribution in [1.82, 2.24) is 9.80 Å². The topological polar surface area (TPSA) is 32.8 Å². The van der Waals surface area contributed by atoms with Crippen LogP contribution in [0.25, 0.3) is 0 Å². The van der Waals surface area contributed by atoms with E-state index in [1.807, 2.05) is 12.1 Å². The first-order valence-electron chi connectivity index (χ1n) is 7.09. The van der Waals surface area contributed by atoms with Crippen LogP contribution in [0.1, 0.15) is 29.3 Å². The average molecular weight is 278 g/mol. The van der Waals surface area contributed by atoms with Crippen LogP contribution in [0.5, 0.6) is 5.75 Å². The van der Waals surface area contributed by atoms with Gasteiger partial charge in [-0.3, -0.25) is 9.69 Å². The Bertz CT molecular complexity index is 419. The molecule has 0 saturated carbocycles. The van der Waals surface area contributed by atoms with Gasteiger partial charge in [-0.15, -0.1) is 0 Å². The number of rotatable bonds is 9. The number of ether oxygens (including phenoxy) is 1. The summed E-state index contributed by atoms with van der Waals surface area (Å²) >= 11 is 0. The lowest BCUT2D eigenvalue weighted by Gasteiger charge is -2.22. The van der Waals surface area contributed by atoms with Crippen LogP contribution in [0.15, 0.2) is 18.2 Å². The molecule has 0 aromatic heterocycles. The molecule has 0 bridgehead atoms. The molecule has 4 nitrogen and oxygen atoms in total. The van der Waals surface area contributed by atoms with Gasteiger partial charge in [-0.1, -0.05) is 6.92 Å². The zero-order valence-electron chi connectivity index (χ0n) is 13.1. The van der Waals surface area contributed by atoms with Gasteiger partial charge in [0.15, 0.2) is 0 Å². The fourth-order valence-electron chi connectivity index (χ4n) is 2.20. The van der Waals surface area contributed by atoms with Crippen LogP contribution in [0.3, 0.4) is 0 Å². The molecule has 112 valence electrons. The molecule has 1 aromatic rings. The number of hydrogen-bond acceptors (Lipinski definition) is 4. The summed E-state index contributed by atoms with van der Waals surface area (Å²) in [5, 5.41) is 0. The summed E-state index contributed by atoms with van der Waals surface area (Å²) in [5.74, 6) is 0.849. The smallest absolute Gasteiger partial charge is 0.150 e. The third-order valence-corrected chi connectivity index (χ3v) is 3.36. The summed E-state index contributed by atoms with van der Waals surface area (Å²) in [4.78, 5) is 15.5.